The first-order valence-electron chi connectivity index (χ1n) is 4.68. The lowest BCUT2D eigenvalue weighted by molar-refractivity contribution is 0.452. The van der Waals surface area contributed by atoms with Crippen LogP contribution in [-0.4, -0.2) is 9.97 Å². The van der Waals surface area contributed by atoms with E-state index in [1.165, 1.54) is 6.07 Å². The van der Waals surface area contributed by atoms with Crippen molar-refractivity contribution in [2.75, 3.05) is 0 Å². The van der Waals surface area contributed by atoms with Gasteiger partial charge in [-0.1, -0.05) is 0 Å². The molecule has 2 rings (SSSR count). The number of rotatable bonds is 2. The number of benzene rings is 1. The summed E-state index contributed by atoms with van der Waals surface area (Å²) >= 11 is 8.72. The van der Waals surface area contributed by atoms with Crippen LogP contribution in [0.4, 0.5) is 4.39 Å². The van der Waals surface area contributed by atoms with Crippen LogP contribution in [0, 0.1) is 12.7 Å². The molecule has 3 nitrogen and oxygen atoms in total. The van der Waals surface area contributed by atoms with E-state index in [9.17, 15) is 4.39 Å². The average Bonchev–Trinajstić information content (AvgIpc) is 2.29. The lowest BCUT2D eigenvalue weighted by Crippen LogP contribution is -1.94. The molecule has 1 aromatic carbocycles. The molecule has 0 N–H and O–H groups in total. The van der Waals surface area contributed by atoms with Gasteiger partial charge >= 0.3 is 0 Å². The molecule has 0 atom stereocenters. The van der Waals surface area contributed by atoms with Gasteiger partial charge in [0.2, 0.25) is 11.2 Å². The molecule has 0 bridgehead atoms. The van der Waals surface area contributed by atoms with E-state index >= 15 is 0 Å². The molecule has 17 heavy (non-hydrogen) atoms. The number of hydrogen-bond acceptors (Lipinski definition) is 3. The second kappa shape index (κ2) is 4.98. The van der Waals surface area contributed by atoms with Gasteiger partial charge in [-0.25, -0.2) is 9.37 Å². The first kappa shape index (κ1) is 12.3. The molecule has 0 amide bonds. The quantitative estimate of drug-likeness (QED) is 0.781. The van der Waals surface area contributed by atoms with Crippen LogP contribution in [0.15, 0.2) is 28.9 Å². The van der Waals surface area contributed by atoms with Gasteiger partial charge in [0.15, 0.2) is 0 Å². The van der Waals surface area contributed by atoms with Gasteiger partial charge in [0.05, 0.1) is 4.47 Å². The number of halogens is 3. The van der Waals surface area contributed by atoms with Gasteiger partial charge in [0.1, 0.15) is 11.6 Å². The molecule has 0 saturated heterocycles. The lowest BCUT2D eigenvalue weighted by Gasteiger charge is -2.07. The first-order valence-corrected chi connectivity index (χ1v) is 5.85. The van der Waals surface area contributed by atoms with Crippen LogP contribution in [0.3, 0.4) is 0 Å². The standard InChI is InChI=1S/C11H7BrClFN2O/c1-6-5-15-11(13)16-10(6)17-7-2-3-8(12)9(14)4-7/h2-5H,1H3. The third-order valence-corrected chi connectivity index (χ3v) is 2.83. The number of hydrogen-bond donors (Lipinski definition) is 0. The second-order valence-electron chi connectivity index (χ2n) is 3.31. The molecular formula is C11H7BrClFN2O. The molecule has 88 valence electrons. The van der Waals surface area contributed by atoms with Gasteiger partial charge in [0, 0.05) is 17.8 Å². The summed E-state index contributed by atoms with van der Waals surface area (Å²) in [6.07, 6.45) is 1.54. The third-order valence-electron chi connectivity index (χ3n) is 2.00. The second-order valence-corrected chi connectivity index (χ2v) is 4.50. The highest BCUT2D eigenvalue weighted by Crippen LogP contribution is 2.26. The molecule has 1 heterocycles. The topological polar surface area (TPSA) is 35.0 Å². The van der Waals surface area contributed by atoms with Crippen molar-refractivity contribution in [3.63, 3.8) is 0 Å². The Morgan fingerprint density at radius 3 is 2.88 bits per heavy atom. The average molecular weight is 318 g/mol. The van der Waals surface area contributed by atoms with Crippen molar-refractivity contribution in [2.45, 2.75) is 6.92 Å². The Hall–Kier alpha value is -1.20. The van der Waals surface area contributed by atoms with Crippen molar-refractivity contribution in [3.8, 4) is 11.6 Å². The van der Waals surface area contributed by atoms with Gasteiger partial charge in [-0.05, 0) is 46.6 Å². The van der Waals surface area contributed by atoms with Crippen LogP contribution in [0.25, 0.3) is 0 Å². The van der Waals surface area contributed by atoms with Crippen LogP contribution in [0.5, 0.6) is 11.6 Å². The maximum atomic E-state index is 13.3. The Kier molecular flexibility index (Phi) is 3.59. The third kappa shape index (κ3) is 2.92. The van der Waals surface area contributed by atoms with Crippen molar-refractivity contribution in [1.29, 1.82) is 0 Å². The Labute approximate surface area is 111 Å². The molecule has 1 aromatic heterocycles. The Morgan fingerprint density at radius 2 is 2.18 bits per heavy atom. The van der Waals surface area contributed by atoms with Gasteiger partial charge in [-0.2, -0.15) is 4.98 Å². The SMILES string of the molecule is Cc1cnc(Cl)nc1Oc1ccc(Br)c(F)c1. The fourth-order valence-corrected chi connectivity index (χ4v) is 1.53. The van der Waals surface area contributed by atoms with E-state index in [1.807, 2.05) is 0 Å². The highest BCUT2D eigenvalue weighted by atomic mass is 79.9. The van der Waals surface area contributed by atoms with Crippen molar-refractivity contribution in [2.24, 2.45) is 0 Å². The summed E-state index contributed by atoms with van der Waals surface area (Å²) in [5.41, 5.74) is 0.720. The van der Waals surface area contributed by atoms with Gasteiger partial charge in [-0.3, -0.25) is 0 Å². The minimum Gasteiger partial charge on any atom is -0.438 e. The van der Waals surface area contributed by atoms with E-state index in [2.05, 4.69) is 25.9 Å². The smallest absolute Gasteiger partial charge is 0.226 e. The zero-order valence-electron chi connectivity index (χ0n) is 8.75. The fourth-order valence-electron chi connectivity index (χ4n) is 1.16. The van der Waals surface area contributed by atoms with Crippen molar-refractivity contribution >= 4 is 27.5 Å². The lowest BCUT2D eigenvalue weighted by atomic mass is 10.3. The summed E-state index contributed by atoms with van der Waals surface area (Å²) in [7, 11) is 0. The van der Waals surface area contributed by atoms with Crippen LogP contribution < -0.4 is 4.74 Å². The monoisotopic (exact) mass is 316 g/mol. The molecule has 0 spiro atoms. The molecule has 0 fully saturated rings. The predicted molar refractivity (Wildman–Crippen MR) is 66.0 cm³/mol. The summed E-state index contributed by atoms with van der Waals surface area (Å²) in [5.74, 6) is 0.260. The molecular weight excluding hydrogens is 310 g/mol. The minimum absolute atomic E-state index is 0.0863. The minimum atomic E-state index is -0.402. The maximum Gasteiger partial charge on any atom is 0.226 e. The summed E-state index contributed by atoms with van der Waals surface area (Å²) in [5, 5.41) is 0.0863. The summed E-state index contributed by atoms with van der Waals surface area (Å²) in [4.78, 5) is 7.72. The fraction of sp³-hybridized carbons (Fsp3) is 0.0909. The van der Waals surface area contributed by atoms with Crippen LogP contribution >= 0.6 is 27.5 Å². The van der Waals surface area contributed by atoms with Crippen molar-refractivity contribution in [1.82, 2.24) is 9.97 Å². The van der Waals surface area contributed by atoms with E-state index in [4.69, 9.17) is 16.3 Å². The van der Waals surface area contributed by atoms with Gasteiger partial charge in [0.25, 0.3) is 0 Å². The normalized spacial score (nSPS) is 10.4. The van der Waals surface area contributed by atoms with Crippen molar-refractivity contribution < 1.29 is 9.13 Å². The predicted octanol–water partition coefficient (Wildman–Crippen LogP) is 4.13. The maximum absolute atomic E-state index is 13.3. The highest BCUT2D eigenvalue weighted by molar-refractivity contribution is 9.10. The van der Waals surface area contributed by atoms with Crippen LogP contribution in [0.1, 0.15) is 5.56 Å². The molecule has 0 aliphatic heterocycles. The van der Waals surface area contributed by atoms with E-state index in [1.54, 1.807) is 25.3 Å². The molecule has 0 saturated carbocycles. The Balaban J connectivity index is 2.31. The number of ether oxygens (including phenoxy) is 1. The zero-order chi connectivity index (χ0) is 12.4. The van der Waals surface area contributed by atoms with E-state index < -0.39 is 5.82 Å². The van der Waals surface area contributed by atoms with E-state index in [0.717, 1.165) is 5.56 Å². The summed E-state index contributed by atoms with van der Waals surface area (Å²) in [6.45, 7) is 1.78. The van der Waals surface area contributed by atoms with Crippen LogP contribution in [0.2, 0.25) is 5.28 Å². The molecule has 0 radical (unpaired) electrons. The summed E-state index contributed by atoms with van der Waals surface area (Å²) in [6, 6.07) is 4.45. The number of aryl methyl sites for hydroxylation is 1. The van der Waals surface area contributed by atoms with E-state index in [-0.39, 0.29) is 5.28 Å². The molecule has 0 aliphatic carbocycles. The number of nitrogens with zero attached hydrogens (tertiary/aromatic N) is 2. The molecule has 6 heteroatoms. The van der Waals surface area contributed by atoms with Crippen LogP contribution in [-0.2, 0) is 0 Å². The molecule has 2 aromatic rings. The Morgan fingerprint density at radius 1 is 1.41 bits per heavy atom. The summed E-state index contributed by atoms with van der Waals surface area (Å²) < 4.78 is 19.1. The Bertz CT molecular complexity index is 565. The number of aromatic nitrogens is 2. The van der Waals surface area contributed by atoms with E-state index in [0.29, 0.717) is 16.1 Å². The first-order chi connectivity index (χ1) is 8.06. The zero-order valence-corrected chi connectivity index (χ0v) is 11.1. The van der Waals surface area contributed by atoms with Gasteiger partial charge in [-0.15, -0.1) is 0 Å². The molecule has 0 aliphatic rings. The highest BCUT2D eigenvalue weighted by Gasteiger charge is 2.07. The molecule has 0 unspecified atom stereocenters. The van der Waals surface area contributed by atoms with Gasteiger partial charge < -0.3 is 4.74 Å². The largest absolute Gasteiger partial charge is 0.438 e. The van der Waals surface area contributed by atoms with Crippen molar-refractivity contribution in [3.05, 3.63) is 45.5 Å².